The van der Waals surface area contributed by atoms with E-state index in [0.717, 1.165) is 4.88 Å². The molecule has 0 aliphatic carbocycles. The van der Waals surface area contributed by atoms with Crippen LogP contribution in [0.25, 0.3) is 0 Å². The van der Waals surface area contributed by atoms with E-state index in [-0.39, 0.29) is 11.5 Å². The molecular formula is C11H14N4O2S. The summed E-state index contributed by atoms with van der Waals surface area (Å²) >= 11 is 1.58. The number of hydrogen-bond acceptors (Lipinski definition) is 5. The Morgan fingerprint density at radius 3 is 2.89 bits per heavy atom. The molecule has 0 saturated carbocycles. The highest BCUT2D eigenvalue weighted by Gasteiger charge is 2.10. The maximum absolute atomic E-state index is 11.7. The first-order valence-corrected chi connectivity index (χ1v) is 6.40. The lowest BCUT2D eigenvalue weighted by Gasteiger charge is -2.11. The summed E-state index contributed by atoms with van der Waals surface area (Å²) in [7, 11) is 0. The molecule has 0 aliphatic rings. The number of nitrogens with two attached hydrogens (primary N) is 1. The average molecular weight is 266 g/mol. The summed E-state index contributed by atoms with van der Waals surface area (Å²) in [5.41, 5.74) is 5.09. The van der Waals surface area contributed by atoms with Gasteiger partial charge in [0.15, 0.2) is 0 Å². The van der Waals surface area contributed by atoms with Crippen LogP contribution < -0.4 is 22.3 Å². The molecule has 2 aromatic rings. The van der Waals surface area contributed by atoms with Crippen molar-refractivity contribution in [2.75, 3.05) is 11.1 Å². The molecule has 0 unspecified atom stereocenters. The minimum Gasteiger partial charge on any atom is -0.383 e. The zero-order valence-corrected chi connectivity index (χ0v) is 10.7. The molecule has 2 rings (SSSR count). The summed E-state index contributed by atoms with van der Waals surface area (Å²) in [6.07, 6.45) is 0. The second-order valence-electron chi connectivity index (χ2n) is 3.70. The summed E-state index contributed by atoms with van der Waals surface area (Å²) in [5, 5.41) is 4.92. The van der Waals surface area contributed by atoms with Gasteiger partial charge in [-0.15, -0.1) is 11.3 Å². The van der Waals surface area contributed by atoms with E-state index < -0.39 is 11.2 Å². The highest BCUT2D eigenvalue weighted by atomic mass is 32.1. The highest BCUT2D eigenvalue weighted by Crippen LogP contribution is 2.14. The van der Waals surface area contributed by atoms with Gasteiger partial charge in [-0.2, -0.15) is 0 Å². The molecular weight excluding hydrogens is 252 g/mol. The van der Waals surface area contributed by atoms with Gasteiger partial charge in [0.2, 0.25) is 0 Å². The molecule has 4 N–H and O–H groups in total. The van der Waals surface area contributed by atoms with Crippen LogP contribution >= 0.6 is 11.3 Å². The predicted molar refractivity (Wildman–Crippen MR) is 73.1 cm³/mol. The largest absolute Gasteiger partial charge is 0.383 e. The minimum absolute atomic E-state index is 0.169. The Morgan fingerprint density at radius 2 is 2.28 bits per heavy atom. The van der Waals surface area contributed by atoms with Gasteiger partial charge in [0.1, 0.15) is 11.5 Å². The smallest absolute Gasteiger partial charge is 0.330 e. The summed E-state index contributed by atoms with van der Waals surface area (Å²) in [5.74, 6) is 0.169. The Hall–Kier alpha value is -2.02. The predicted octanol–water partition coefficient (Wildman–Crippen LogP) is 0.812. The Balaban J connectivity index is 2.33. The van der Waals surface area contributed by atoms with E-state index in [4.69, 9.17) is 5.73 Å². The van der Waals surface area contributed by atoms with Crippen LogP contribution in [0, 0.1) is 0 Å². The zero-order valence-electron chi connectivity index (χ0n) is 9.90. The van der Waals surface area contributed by atoms with Crippen LogP contribution in [0.5, 0.6) is 0 Å². The van der Waals surface area contributed by atoms with Gasteiger partial charge in [-0.05, 0) is 18.4 Å². The van der Waals surface area contributed by atoms with Crippen molar-refractivity contribution in [1.82, 2.24) is 9.55 Å². The number of H-pyrrole nitrogens is 1. The van der Waals surface area contributed by atoms with Gasteiger partial charge in [0.05, 0.1) is 0 Å². The van der Waals surface area contributed by atoms with E-state index in [1.807, 2.05) is 17.5 Å². The second-order valence-corrected chi connectivity index (χ2v) is 4.73. The summed E-state index contributed by atoms with van der Waals surface area (Å²) in [6, 6.07) is 3.89. The van der Waals surface area contributed by atoms with Crippen molar-refractivity contribution in [2.45, 2.75) is 20.0 Å². The van der Waals surface area contributed by atoms with E-state index in [2.05, 4.69) is 10.3 Å². The third kappa shape index (κ3) is 2.30. The molecule has 2 heterocycles. The van der Waals surface area contributed by atoms with Crippen LogP contribution in [0.1, 0.15) is 11.8 Å². The Kier molecular flexibility index (Phi) is 3.52. The van der Waals surface area contributed by atoms with Gasteiger partial charge in [0.25, 0.3) is 5.56 Å². The van der Waals surface area contributed by atoms with E-state index >= 15 is 0 Å². The molecule has 0 amide bonds. The molecule has 0 spiro atoms. The van der Waals surface area contributed by atoms with Crippen molar-refractivity contribution in [3.05, 3.63) is 43.2 Å². The van der Waals surface area contributed by atoms with Crippen LogP contribution in [0.2, 0.25) is 0 Å². The molecule has 0 fully saturated rings. The number of aromatic nitrogens is 2. The van der Waals surface area contributed by atoms with Crippen LogP contribution in [0.15, 0.2) is 27.1 Å². The van der Waals surface area contributed by atoms with E-state index in [1.54, 1.807) is 18.3 Å². The Morgan fingerprint density at radius 1 is 1.50 bits per heavy atom. The van der Waals surface area contributed by atoms with Crippen molar-refractivity contribution in [1.29, 1.82) is 0 Å². The number of rotatable bonds is 4. The quantitative estimate of drug-likeness (QED) is 0.763. The van der Waals surface area contributed by atoms with Gasteiger partial charge >= 0.3 is 5.69 Å². The van der Waals surface area contributed by atoms with Gasteiger partial charge in [-0.1, -0.05) is 6.07 Å². The van der Waals surface area contributed by atoms with Crippen molar-refractivity contribution in [3.63, 3.8) is 0 Å². The fourth-order valence-corrected chi connectivity index (χ4v) is 2.31. The lowest BCUT2D eigenvalue weighted by Crippen LogP contribution is -2.33. The van der Waals surface area contributed by atoms with Gasteiger partial charge in [-0.3, -0.25) is 14.3 Å². The second kappa shape index (κ2) is 5.09. The molecule has 18 heavy (non-hydrogen) atoms. The Bertz CT molecular complexity index is 642. The molecule has 0 saturated heterocycles. The number of nitrogen functional groups attached to an aromatic ring is 1. The van der Waals surface area contributed by atoms with Gasteiger partial charge < -0.3 is 11.1 Å². The fourth-order valence-electron chi connectivity index (χ4n) is 1.66. The number of hydrogen-bond donors (Lipinski definition) is 3. The van der Waals surface area contributed by atoms with Crippen LogP contribution in [0.3, 0.4) is 0 Å². The van der Waals surface area contributed by atoms with E-state index in [1.165, 1.54) is 4.57 Å². The average Bonchev–Trinajstić information content (AvgIpc) is 2.81. The van der Waals surface area contributed by atoms with Crippen molar-refractivity contribution in [2.24, 2.45) is 0 Å². The third-order valence-corrected chi connectivity index (χ3v) is 3.45. The first kappa shape index (κ1) is 12.4. The molecule has 0 bridgehead atoms. The molecule has 2 aromatic heterocycles. The minimum atomic E-state index is -0.487. The number of aromatic amines is 1. The SMILES string of the molecule is CCn1c(N)c(NCc2cccs2)c(=O)[nH]c1=O. The summed E-state index contributed by atoms with van der Waals surface area (Å²) in [4.78, 5) is 26.5. The molecule has 6 nitrogen and oxygen atoms in total. The lowest BCUT2D eigenvalue weighted by atomic mass is 10.4. The Labute approximate surface area is 107 Å². The summed E-state index contributed by atoms with van der Waals surface area (Å²) in [6.45, 7) is 2.71. The van der Waals surface area contributed by atoms with Crippen molar-refractivity contribution in [3.8, 4) is 0 Å². The molecule has 0 atom stereocenters. The number of anilines is 2. The van der Waals surface area contributed by atoms with E-state index in [0.29, 0.717) is 13.1 Å². The fraction of sp³-hybridized carbons (Fsp3) is 0.273. The highest BCUT2D eigenvalue weighted by molar-refractivity contribution is 7.09. The standard InChI is InChI=1S/C11H14N4O2S/c1-2-15-9(12)8(10(16)14-11(15)17)13-6-7-4-3-5-18-7/h3-5,13H,2,6,12H2,1H3,(H,14,16,17). The molecule has 0 radical (unpaired) electrons. The van der Waals surface area contributed by atoms with Crippen molar-refractivity contribution >= 4 is 22.8 Å². The third-order valence-electron chi connectivity index (χ3n) is 2.58. The topological polar surface area (TPSA) is 92.9 Å². The number of nitrogens with zero attached hydrogens (tertiary/aromatic N) is 1. The summed E-state index contributed by atoms with van der Waals surface area (Å²) < 4.78 is 1.32. The molecule has 7 heteroatoms. The molecule has 0 aliphatic heterocycles. The van der Waals surface area contributed by atoms with Crippen molar-refractivity contribution < 1.29 is 0 Å². The maximum atomic E-state index is 11.7. The first-order valence-electron chi connectivity index (χ1n) is 5.52. The zero-order chi connectivity index (χ0) is 13.1. The van der Waals surface area contributed by atoms with Crippen LogP contribution in [-0.4, -0.2) is 9.55 Å². The first-order chi connectivity index (χ1) is 8.63. The van der Waals surface area contributed by atoms with Gasteiger partial charge in [0, 0.05) is 18.0 Å². The molecule has 96 valence electrons. The number of thiophene rings is 1. The normalized spacial score (nSPS) is 10.5. The van der Waals surface area contributed by atoms with Gasteiger partial charge in [-0.25, -0.2) is 4.79 Å². The maximum Gasteiger partial charge on any atom is 0.330 e. The number of nitrogens with one attached hydrogen (secondary N) is 2. The van der Waals surface area contributed by atoms with Crippen LogP contribution in [0.4, 0.5) is 11.5 Å². The molecule has 0 aromatic carbocycles. The van der Waals surface area contributed by atoms with E-state index in [9.17, 15) is 9.59 Å². The monoisotopic (exact) mass is 266 g/mol. The lowest BCUT2D eigenvalue weighted by molar-refractivity contribution is 0.706. The van der Waals surface area contributed by atoms with Crippen LogP contribution in [-0.2, 0) is 13.1 Å².